The van der Waals surface area contributed by atoms with E-state index in [1.165, 1.54) is 4.68 Å². The van der Waals surface area contributed by atoms with Crippen molar-refractivity contribution in [3.05, 3.63) is 87.7 Å². The lowest BCUT2D eigenvalue weighted by Crippen LogP contribution is -2.20. The van der Waals surface area contributed by atoms with Gasteiger partial charge in [-0.15, -0.1) is 6.42 Å². The molecule has 3 aromatic carbocycles. The van der Waals surface area contributed by atoms with Gasteiger partial charge < -0.3 is 9.47 Å². The molecule has 0 spiro atoms. The van der Waals surface area contributed by atoms with Gasteiger partial charge in [-0.25, -0.2) is 4.98 Å². The van der Waals surface area contributed by atoms with Gasteiger partial charge in [-0.05, 0) is 78.1 Å². The number of para-hydroxylation sites is 1. The Morgan fingerprint density at radius 3 is 2.57 bits per heavy atom. The van der Waals surface area contributed by atoms with Gasteiger partial charge in [0.25, 0.3) is 5.56 Å². The quantitative estimate of drug-likeness (QED) is 0.271. The van der Waals surface area contributed by atoms with Gasteiger partial charge in [0.05, 0.1) is 24.2 Å². The van der Waals surface area contributed by atoms with Crippen LogP contribution in [0.4, 0.5) is 0 Å². The fourth-order valence-corrected chi connectivity index (χ4v) is 3.87. The van der Waals surface area contributed by atoms with Gasteiger partial charge in [-0.1, -0.05) is 31.9 Å². The Labute approximate surface area is 204 Å². The van der Waals surface area contributed by atoms with Crippen molar-refractivity contribution in [1.82, 2.24) is 9.66 Å². The molecular weight excluding hydrogens is 438 g/mol. The topological polar surface area (TPSA) is 65.7 Å². The minimum atomic E-state index is -0.239. The number of hydrogen-bond donors (Lipinski definition) is 0. The number of terminal acetylenes is 1. The lowest BCUT2D eigenvalue weighted by atomic mass is 9.96. The average molecular weight is 466 g/mol. The molecule has 0 radical (unpaired) electrons. The molecule has 0 aliphatic rings. The smallest absolute Gasteiger partial charge is 0.282 e. The average Bonchev–Trinajstić information content (AvgIpc) is 2.87. The molecule has 0 saturated heterocycles. The number of rotatable bonds is 7. The molecule has 0 aliphatic carbocycles. The second-order valence-electron chi connectivity index (χ2n) is 8.44. The fourth-order valence-electron chi connectivity index (χ4n) is 3.87. The summed E-state index contributed by atoms with van der Waals surface area (Å²) in [6.45, 7) is 6.39. The van der Waals surface area contributed by atoms with E-state index in [4.69, 9.17) is 20.9 Å². The molecule has 0 aliphatic heterocycles. The summed E-state index contributed by atoms with van der Waals surface area (Å²) < 4.78 is 12.4. The van der Waals surface area contributed by atoms with Crippen LogP contribution in [0.25, 0.3) is 22.3 Å². The molecule has 176 valence electrons. The van der Waals surface area contributed by atoms with Crippen LogP contribution in [-0.4, -0.2) is 29.6 Å². The van der Waals surface area contributed by atoms with Crippen LogP contribution >= 0.6 is 0 Å². The van der Waals surface area contributed by atoms with Gasteiger partial charge in [0.2, 0.25) is 0 Å². The summed E-state index contributed by atoms with van der Waals surface area (Å²) >= 11 is 0. The lowest BCUT2D eigenvalue weighted by Gasteiger charge is -2.17. The van der Waals surface area contributed by atoms with Gasteiger partial charge in [0, 0.05) is 5.56 Å². The first kappa shape index (κ1) is 23.8. The first-order chi connectivity index (χ1) is 16.9. The minimum Gasteiger partial charge on any atom is -0.496 e. The van der Waals surface area contributed by atoms with E-state index in [2.05, 4.69) is 24.9 Å². The van der Waals surface area contributed by atoms with Crippen LogP contribution in [-0.2, 0) is 0 Å². The highest BCUT2D eigenvalue weighted by molar-refractivity contribution is 5.82. The highest BCUT2D eigenvalue weighted by Gasteiger charge is 2.18. The Kier molecular flexibility index (Phi) is 6.98. The van der Waals surface area contributed by atoms with Crippen molar-refractivity contribution in [1.29, 1.82) is 0 Å². The van der Waals surface area contributed by atoms with Gasteiger partial charge in [0.15, 0.2) is 5.82 Å². The van der Waals surface area contributed by atoms with E-state index in [-0.39, 0.29) is 18.1 Å². The van der Waals surface area contributed by atoms with E-state index in [1.54, 1.807) is 19.4 Å². The predicted molar refractivity (Wildman–Crippen MR) is 141 cm³/mol. The molecule has 0 saturated carbocycles. The van der Waals surface area contributed by atoms with Crippen molar-refractivity contribution in [2.45, 2.75) is 26.7 Å². The summed E-state index contributed by atoms with van der Waals surface area (Å²) in [5.74, 6) is 4.62. The van der Waals surface area contributed by atoms with Crippen molar-refractivity contribution in [2.75, 3.05) is 13.7 Å². The Morgan fingerprint density at radius 2 is 1.89 bits per heavy atom. The third kappa shape index (κ3) is 4.95. The number of aryl methyl sites for hydroxylation is 1. The Morgan fingerprint density at radius 1 is 1.14 bits per heavy atom. The van der Waals surface area contributed by atoms with Crippen molar-refractivity contribution >= 4 is 17.1 Å². The van der Waals surface area contributed by atoms with Crippen molar-refractivity contribution in [3.63, 3.8) is 0 Å². The molecule has 0 N–H and O–H groups in total. The normalized spacial score (nSPS) is 11.2. The van der Waals surface area contributed by atoms with Gasteiger partial charge >= 0.3 is 0 Å². The van der Waals surface area contributed by atoms with E-state index in [0.717, 1.165) is 28.0 Å². The summed E-state index contributed by atoms with van der Waals surface area (Å²) in [7, 11) is 1.66. The maximum Gasteiger partial charge on any atom is 0.282 e. The number of aromatic nitrogens is 2. The zero-order chi connectivity index (χ0) is 24.9. The summed E-state index contributed by atoms with van der Waals surface area (Å²) in [6.07, 6.45) is 6.88. The van der Waals surface area contributed by atoms with Crippen LogP contribution in [0.15, 0.2) is 70.6 Å². The molecule has 0 bridgehead atoms. The lowest BCUT2D eigenvalue weighted by molar-refractivity contribution is 0.370. The maximum absolute atomic E-state index is 13.5. The zero-order valence-electron chi connectivity index (χ0n) is 20.3. The predicted octanol–water partition coefficient (Wildman–Crippen LogP) is 5.40. The molecule has 4 aromatic rings. The van der Waals surface area contributed by atoms with E-state index >= 15 is 0 Å². The molecule has 4 rings (SSSR count). The monoisotopic (exact) mass is 465 g/mol. The molecule has 0 unspecified atom stereocenters. The fraction of sp³-hybridized carbons (Fsp3) is 0.207. The Hall–Kier alpha value is -4.37. The van der Waals surface area contributed by atoms with Crippen LogP contribution in [0.1, 0.15) is 36.5 Å². The van der Waals surface area contributed by atoms with E-state index < -0.39 is 0 Å². The number of methoxy groups -OCH3 is 1. The van der Waals surface area contributed by atoms with Crippen LogP contribution in [0.2, 0.25) is 0 Å². The largest absolute Gasteiger partial charge is 0.496 e. The highest BCUT2D eigenvalue weighted by Crippen LogP contribution is 2.34. The molecule has 6 heteroatoms. The summed E-state index contributed by atoms with van der Waals surface area (Å²) in [4.78, 5) is 18.4. The second-order valence-corrected chi connectivity index (χ2v) is 8.44. The van der Waals surface area contributed by atoms with E-state index in [9.17, 15) is 4.79 Å². The van der Waals surface area contributed by atoms with Gasteiger partial charge in [0.1, 0.15) is 18.1 Å². The number of fused-ring (bicyclic) bond motifs is 1. The number of ether oxygens (including phenoxy) is 2. The Balaban J connectivity index is 1.88. The molecule has 0 fully saturated rings. The summed E-state index contributed by atoms with van der Waals surface area (Å²) in [6, 6.07) is 18.6. The third-order valence-corrected chi connectivity index (χ3v) is 5.72. The standard InChI is InChI=1S/C29H27N3O3/c1-6-15-35-22-13-11-21(12-14-22)18-30-32-28(31-26-10-8-7-9-23(26)29(32)33)25-17-24(19(2)3)27(34-5)16-20(25)4/h1,7-14,16-19H,15H2,2-5H3. The zero-order valence-corrected chi connectivity index (χ0v) is 20.3. The molecule has 1 aromatic heterocycles. The summed E-state index contributed by atoms with van der Waals surface area (Å²) in [5.41, 5.74) is 3.99. The van der Waals surface area contributed by atoms with Gasteiger partial charge in [-0.2, -0.15) is 9.78 Å². The molecule has 0 atom stereocenters. The van der Waals surface area contributed by atoms with Crippen LogP contribution < -0.4 is 15.0 Å². The second kappa shape index (κ2) is 10.3. The maximum atomic E-state index is 13.5. The molecule has 6 nitrogen and oxygen atoms in total. The first-order valence-corrected chi connectivity index (χ1v) is 11.3. The van der Waals surface area contributed by atoms with E-state index in [0.29, 0.717) is 22.5 Å². The summed E-state index contributed by atoms with van der Waals surface area (Å²) in [5, 5.41) is 5.07. The van der Waals surface area contributed by atoms with Crippen molar-refractivity contribution in [3.8, 4) is 35.2 Å². The number of hydrogen-bond acceptors (Lipinski definition) is 5. The molecule has 35 heavy (non-hydrogen) atoms. The highest BCUT2D eigenvalue weighted by atomic mass is 16.5. The molecule has 0 amide bonds. The minimum absolute atomic E-state index is 0.203. The van der Waals surface area contributed by atoms with Crippen LogP contribution in [0, 0.1) is 19.3 Å². The van der Waals surface area contributed by atoms with Gasteiger partial charge in [-0.3, -0.25) is 4.79 Å². The SMILES string of the molecule is C#CCOc1ccc(C=Nn2c(-c3cc(C(C)C)c(OC)cc3C)nc3ccccc3c2=O)cc1. The first-order valence-electron chi connectivity index (χ1n) is 11.3. The van der Waals surface area contributed by atoms with E-state index in [1.807, 2.05) is 61.5 Å². The van der Waals surface area contributed by atoms with Crippen LogP contribution in [0.5, 0.6) is 11.5 Å². The number of benzene rings is 3. The Bertz CT molecular complexity index is 1490. The molecular formula is C29H27N3O3. The molecule has 1 heterocycles. The van der Waals surface area contributed by atoms with Crippen molar-refractivity contribution in [2.24, 2.45) is 5.10 Å². The van der Waals surface area contributed by atoms with Crippen molar-refractivity contribution < 1.29 is 9.47 Å². The number of nitrogens with zero attached hydrogens (tertiary/aromatic N) is 3. The van der Waals surface area contributed by atoms with Crippen LogP contribution in [0.3, 0.4) is 0 Å². The third-order valence-electron chi connectivity index (χ3n) is 5.72.